The number of furan rings is 1. The Morgan fingerprint density at radius 3 is 3.14 bits per heavy atom. The van der Waals surface area contributed by atoms with Crippen molar-refractivity contribution < 1.29 is 13.9 Å². The van der Waals surface area contributed by atoms with Crippen molar-refractivity contribution in [2.24, 2.45) is 0 Å². The lowest BCUT2D eigenvalue weighted by Gasteiger charge is -2.12. The van der Waals surface area contributed by atoms with Gasteiger partial charge >= 0.3 is 0 Å². The molecule has 152 valence electrons. The highest BCUT2D eigenvalue weighted by Gasteiger charge is 2.20. The van der Waals surface area contributed by atoms with Crippen LogP contribution in [0.3, 0.4) is 0 Å². The van der Waals surface area contributed by atoms with Crippen molar-refractivity contribution in [3.05, 3.63) is 46.8 Å². The van der Waals surface area contributed by atoms with Gasteiger partial charge in [-0.1, -0.05) is 17.8 Å². The van der Waals surface area contributed by atoms with Crippen LogP contribution in [0.5, 0.6) is 0 Å². The van der Waals surface area contributed by atoms with Crippen LogP contribution in [0.4, 0.5) is 0 Å². The predicted octanol–water partition coefficient (Wildman–Crippen LogP) is 3.29. The van der Waals surface area contributed by atoms with Crippen LogP contribution in [0.25, 0.3) is 21.5 Å². The van der Waals surface area contributed by atoms with Crippen LogP contribution < -0.4 is 10.9 Å². The molecule has 1 aliphatic rings. The number of fused-ring (bicyclic) bond motifs is 1. The van der Waals surface area contributed by atoms with Gasteiger partial charge in [0, 0.05) is 30.6 Å². The van der Waals surface area contributed by atoms with E-state index in [1.54, 1.807) is 23.0 Å². The minimum Gasteiger partial charge on any atom is -0.464 e. The van der Waals surface area contributed by atoms with Gasteiger partial charge in [-0.15, -0.1) is 17.9 Å². The van der Waals surface area contributed by atoms with Crippen molar-refractivity contribution in [2.75, 3.05) is 18.9 Å². The maximum Gasteiger partial charge on any atom is 0.263 e. The maximum atomic E-state index is 13.2. The summed E-state index contributed by atoms with van der Waals surface area (Å²) in [5, 5.41) is 5.79. The monoisotopic (exact) mass is 431 g/mol. The van der Waals surface area contributed by atoms with Crippen LogP contribution in [0, 0.1) is 0 Å². The van der Waals surface area contributed by atoms with E-state index in [1.807, 2.05) is 11.4 Å². The Labute approximate surface area is 175 Å². The smallest absolute Gasteiger partial charge is 0.263 e. The number of rotatable bonds is 8. The fraction of sp³-hybridized carbons (Fsp3) is 0.350. The number of carbonyl (C=O) groups excluding carboxylic acids is 1. The molecule has 0 aliphatic carbocycles. The van der Waals surface area contributed by atoms with Crippen LogP contribution in [-0.4, -0.2) is 40.5 Å². The standard InChI is InChI=1S/C20H21N3O4S2/c1-2-7-23-19(25)17-14(15-6-4-9-27-15)11-28-18(17)22-20(23)29-12-16(24)21-10-13-5-3-8-26-13/h2,4,6,9,11,13H,1,3,5,7-8,10,12H2,(H,21,24). The number of hydrogen-bond donors (Lipinski definition) is 1. The Bertz CT molecular complexity index is 1070. The molecule has 9 heteroatoms. The SMILES string of the molecule is C=CCn1c(SCC(=O)NCC2CCCO2)nc2scc(-c3ccco3)c2c1=O. The van der Waals surface area contributed by atoms with Crippen LogP contribution in [0.15, 0.2) is 50.8 Å². The largest absolute Gasteiger partial charge is 0.464 e. The second-order valence-electron chi connectivity index (χ2n) is 6.63. The Balaban J connectivity index is 1.55. The number of nitrogens with one attached hydrogen (secondary N) is 1. The van der Waals surface area contributed by atoms with Crippen LogP contribution in [0.2, 0.25) is 0 Å². The van der Waals surface area contributed by atoms with Gasteiger partial charge in [-0.05, 0) is 25.0 Å². The fourth-order valence-electron chi connectivity index (χ4n) is 3.23. The topological polar surface area (TPSA) is 86.4 Å². The van der Waals surface area contributed by atoms with Gasteiger partial charge in [-0.2, -0.15) is 0 Å². The molecule has 0 radical (unpaired) electrons. The number of nitrogens with zero attached hydrogens (tertiary/aromatic N) is 2. The van der Waals surface area contributed by atoms with E-state index in [4.69, 9.17) is 9.15 Å². The highest BCUT2D eigenvalue weighted by molar-refractivity contribution is 7.99. The first-order valence-electron chi connectivity index (χ1n) is 9.35. The minimum atomic E-state index is -0.162. The minimum absolute atomic E-state index is 0.100. The zero-order chi connectivity index (χ0) is 20.2. The molecule has 0 bridgehead atoms. The van der Waals surface area contributed by atoms with Crippen molar-refractivity contribution in [1.29, 1.82) is 0 Å². The summed E-state index contributed by atoms with van der Waals surface area (Å²) in [6, 6.07) is 3.60. The zero-order valence-electron chi connectivity index (χ0n) is 15.8. The van der Waals surface area contributed by atoms with E-state index in [-0.39, 0.29) is 23.3 Å². The number of thioether (sulfide) groups is 1. The first kappa shape index (κ1) is 19.9. The van der Waals surface area contributed by atoms with E-state index in [9.17, 15) is 9.59 Å². The third kappa shape index (κ3) is 4.31. The quantitative estimate of drug-likeness (QED) is 0.335. The average molecular weight is 432 g/mol. The van der Waals surface area contributed by atoms with Crippen molar-refractivity contribution in [1.82, 2.24) is 14.9 Å². The molecule has 1 fully saturated rings. The fourth-order valence-corrected chi connectivity index (χ4v) is 5.04. The first-order chi connectivity index (χ1) is 14.2. The van der Waals surface area contributed by atoms with E-state index in [0.717, 1.165) is 25.0 Å². The molecule has 1 N–H and O–H groups in total. The lowest BCUT2D eigenvalue weighted by molar-refractivity contribution is -0.119. The zero-order valence-corrected chi connectivity index (χ0v) is 17.4. The molecule has 0 spiro atoms. The summed E-state index contributed by atoms with van der Waals surface area (Å²) < 4.78 is 12.5. The number of amides is 1. The molecule has 3 aromatic heterocycles. The first-order valence-corrected chi connectivity index (χ1v) is 11.2. The Morgan fingerprint density at radius 2 is 2.41 bits per heavy atom. The van der Waals surface area contributed by atoms with Gasteiger partial charge in [0.2, 0.25) is 5.91 Å². The summed E-state index contributed by atoms with van der Waals surface area (Å²) in [6.07, 6.45) is 5.33. The Kier molecular flexibility index (Phi) is 6.17. The Hall–Kier alpha value is -2.36. The molecule has 1 unspecified atom stereocenters. The molecule has 0 saturated carbocycles. The van der Waals surface area contributed by atoms with E-state index in [0.29, 0.717) is 34.2 Å². The summed E-state index contributed by atoms with van der Waals surface area (Å²) in [5.74, 6) is 0.708. The average Bonchev–Trinajstić information content (AvgIpc) is 3.47. The van der Waals surface area contributed by atoms with Gasteiger partial charge in [-0.3, -0.25) is 14.2 Å². The predicted molar refractivity (Wildman–Crippen MR) is 114 cm³/mol. The second-order valence-corrected chi connectivity index (χ2v) is 8.43. The molecule has 1 aliphatic heterocycles. The van der Waals surface area contributed by atoms with E-state index < -0.39 is 0 Å². The normalized spacial score (nSPS) is 16.3. The molecule has 0 aromatic carbocycles. The van der Waals surface area contributed by atoms with Crippen LogP contribution >= 0.6 is 23.1 Å². The number of ether oxygens (including phenoxy) is 1. The second kappa shape index (κ2) is 8.98. The van der Waals surface area contributed by atoms with Crippen molar-refractivity contribution in [3.63, 3.8) is 0 Å². The van der Waals surface area contributed by atoms with Crippen molar-refractivity contribution >= 4 is 39.2 Å². The van der Waals surface area contributed by atoms with Crippen LogP contribution in [-0.2, 0) is 16.1 Å². The van der Waals surface area contributed by atoms with Crippen LogP contribution in [0.1, 0.15) is 12.8 Å². The summed E-state index contributed by atoms with van der Waals surface area (Å²) in [6.45, 7) is 5.33. The summed E-state index contributed by atoms with van der Waals surface area (Å²) >= 11 is 2.64. The number of thiophene rings is 1. The molecular weight excluding hydrogens is 410 g/mol. The molecule has 1 amide bonds. The van der Waals surface area contributed by atoms with E-state index in [2.05, 4.69) is 16.9 Å². The van der Waals surface area contributed by atoms with Gasteiger partial charge in [0.25, 0.3) is 5.56 Å². The summed E-state index contributed by atoms with van der Waals surface area (Å²) in [5.41, 5.74) is 0.570. The van der Waals surface area contributed by atoms with E-state index >= 15 is 0 Å². The van der Waals surface area contributed by atoms with Crippen molar-refractivity contribution in [3.8, 4) is 11.3 Å². The maximum absolute atomic E-state index is 13.2. The van der Waals surface area contributed by atoms with Gasteiger partial charge in [0.05, 0.1) is 23.5 Å². The molecule has 1 atom stereocenters. The molecular formula is C20H21N3O4S2. The lowest BCUT2D eigenvalue weighted by atomic mass is 10.2. The summed E-state index contributed by atoms with van der Waals surface area (Å²) in [7, 11) is 0. The number of allylic oxidation sites excluding steroid dienone is 1. The van der Waals surface area contributed by atoms with Gasteiger partial charge in [0.1, 0.15) is 10.6 Å². The molecule has 4 heterocycles. The van der Waals surface area contributed by atoms with Crippen molar-refractivity contribution in [2.45, 2.75) is 30.6 Å². The lowest BCUT2D eigenvalue weighted by Crippen LogP contribution is -2.33. The van der Waals surface area contributed by atoms with Gasteiger partial charge in [-0.25, -0.2) is 4.98 Å². The molecule has 3 aromatic rings. The number of hydrogen-bond acceptors (Lipinski definition) is 7. The molecule has 29 heavy (non-hydrogen) atoms. The van der Waals surface area contributed by atoms with Gasteiger partial charge < -0.3 is 14.5 Å². The third-order valence-corrected chi connectivity index (χ3v) is 6.49. The number of aromatic nitrogens is 2. The number of carbonyl (C=O) groups is 1. The summed E-state index contributed by atoms with van der Waals surface area (Å²) in [4.78, 5) is 30.7. The Morgan fingerprint density at radius 1 is 1.52 bits per heavy atom. The third-order valence-electron chi connectivity index (χ3n) is 4.64. The van der Waals surface area contributed by atoms with Gasteiger partial charge in [0.15, 0.2) is 5.16 Å². The highest BCUT2D eigenvalue weighted by atomic mass is 32.2. The molecule has 1 saturated heterocycles. The van der Waals surface area contributed by atoms with E-state index in [1.165, 1.54) is 23.1 Å². The molecule has 4 rings (SSSR count). The highest BCUT2D eigenvalue weighted by Crippen LogP contribution is 2.32. The molecule has 7 nitrogen and oxygen atoms in total.